The van der Waals surface area contributed by atoms with E-state index >= 15 is 0 Å². The molecule has 4 aromatic rings. The Bertz CT molecular complexity index is 1120. The molecule has 0 aliphatic rings. The Morgan fingerprint density at radius 3 is 2.61 bits per heavy atom. The molecule has 2 aromatic carbocycles. The van der Waals surface area contributed by atoms with Gasteiger partial charge in [-0.1, -0.05) is 36.4 Å². The Morgan fingerprint density at radius 1 is 1.04 bits per heavy atom. The van der Waals surface area contributed by atoms with Gasteiger partial charge in [0.15, 0.2) is 0 Å². The second kappa shape index (κ2) is 7.60. The Morgan fingerprint density at radius 2 is 1.79 bits per heavy atom. The predicted octanol–water partition coefficient (Wildman–Crippen LogP) is 3.33. The Labute approximate surface area is 163 Å². The lowest BCUT2D eigenvalue weighted by Gasteiger charge is -2.16. The van der Waals surface area contributed by atoms with Crippen LogP contribution in [0.2, 0.25) is 0 Å². The van der Waals surface area contributed by atoms with Crippen LogP contribution in [0.4, 0.5) is 0 Å². The van der Waals surface area contributed by atoms with Gasteiger partial charge in [0.2, 0.25) is 5.91 Å². The lowest BCUT2D eigenvalue weighted by molar-refractivity contribution is -0.129. The highest BCUT2D eigenvalue weighted by Crippen LogP contribution is 2.15. The van der Waals surface area contributed by atoms with Gasteiger partial charge in [-0.3, -0.25) is 4.79 Å². The number of hydrogen-bond donors (Lipinski definition) is 0. The van der Waals surface area contributed by atoms with E-state index < -0.39 is 0 Å². The van der Waals surface area contributed by atoms with Crippen molar-refractivity contribution in [2.45, 2.75) is 19.9 Å². The van der Waals surface area contributed by atoms with Crippen LogP contribution in [0.5, 0.6) is 0 Å². The number of aromatic nitrogens is 4. The van der Waals surface area contributed by atoms with Crippen molar-refractivity contribution in [1.82, 2.24) is 24.6 Å². The number of aryl methyl sites for hydroxylation is 1. The third-order valence-corrected chi connectivity index (χ3v) is 4.66. The van der Waals surface area contributed by atoms with Gasteiger partial charge in [-0.25, -0.2) is 14.6 Å². The SMILES string of the molecule is Cc1nc(CN(C)C(=O)Cc2cnn(-c3ccccc3)c2)nc2ccccc12. The van der Waals surface area contributed by atoms with Gasteiger partial charge in [0.1, 0.15) is 5.82 Å². The molecule has 2 heterocycles. The molecule has 0 bridgehead atoms. The van der Waals surface area contributed by atoms with E-state index in [4.69, 9.17) is 0 Å². The van der Waals surface area contributed by atoms with Gasteiger partial charge in [-0.15, -0.1) is 0 Å². The molecule has 2 aromatic heterocycles. The summed E-state index contributed by atoms with van der Waals surface area (Å²) in [6.45, 7) is 2.34. The van der Waals surface area contributed by atoms with Gasteiger partial charge in [-0.2, -0.15) is 5.10 Å². The number of rotatable bonds is 5. The summed E-state index contributed by atoms with van der Waals surface area (Å²) in [6, 6.07) is 17.7. The van der Waals surface area contributed by atoms with Crippen LogP contribution in [0.1, 0.15) is 17.1 Å². The van der Waals surface area contributed by atoms with E-state index in [2.05, 4.69) is 15.1 Å². The zero-order chi connectivity index (χ0) is 19.5. The van der Waals surface area contributed by atoms with Gasteiger partial charge >= 0.3 is 0 Å². The van der Waals surface area contributed by atoms with E-state index in [1.807, 2.05) is 67.7 Å². The molecule has 1 amide bonds. The molecule has 0 atom stereocenters. The van der Waals surface area contributed by atoms with Crippen molar-refractivity contribution in [2.75, 3.05) is 7.05 Å². The first-order chi connectivity index (χ1) is 13.6. The second-order valence-corrected chi connectivity index (χ2v) is 6.80. The molecule has 28 heavy (non-hydrogen) atoms. The molecule has 6 nitrogen and oxygen atoms in total. The van der Waals surface area contributed by atoms with Crippen LogP contribution < -0.4 is 0 Å². The zero-order valence-electron chi connectivity index (χ0n) is 15.9. The largest absolute Gasteiger partial charge is 0.338 e. The van der Waals surface area contributed by atoms with Crippen molar-refractivity contribution in [3.8, 4) is 5.69 Å². The first kappa shape index (κ1) is 17.9. The van der Waals surface area contributed by atoms with Gasteiger partial charge in [0, 0.05) is 24.3 Å². The summed E-state index contributed by atoms with van der Waals surface area (Å²) in [5.41, 5.74) is 3.66. The molecule has 0 saturated heterocycles. The van der Waals surface area contributed by atoms with Crippen molar-refractivity contribution in [1.29, 1.82) is 0 Å². The molecule has 6 heteroatoms. The molecule has 0 N–H and O–H groups in total. The molecule has 0 radical (unpaired) electrons. The first-order valence-electron chi connectivity index (χ1n) is 9.15. The maximum absolute atomic E-state index is 12.6. The summed E-state index contributed by atoms with van der Waals surface area (Å²) in [5.74, 6) is 0.647. The highest BCUT2D eigenvalue weighted by Gasteiger charge is 2.14. The maximum atomic E-state index is 12.6. The highest BCUT2D eigenvalue weighted by molar-refractivity contribution is 5.81. The van der Waals surface area contributed by atoms with Gasteiger partial charge < -0.3 is 4.90 Å². The van der Waals surface area contributed by atoms with E-state index in [9.17, 15) is 4.79 Å². The summed E-state index contributed by atoms with van der Waals surface area (Å²) in [7, 11) is 1.78. The molecule has 0 aliphatic heterocycles. The minimum Gasteiger partial charge on any atom is -0.338 e. The van der Waals surface area contributed by atoms with Crippen molar-refractivity contribution in [2.24, 2.45) is 0 Å². The van der Waals surface area contributed by atoms with E-state index in [1.165, 1.54) is 0 Å². The average Bonchev–Trinajstić information content (AvgIpc) is 3.17. The van der Waals surface area contributed by atoms with E-state index in [0.29, 0.717) is 12.4 Å². The standard InChI is InChI=1S/C22H21N5O/c1-16-19-10-6-7-11-20(19)25-21(24-16)15-26(2)22(28)12-17-13-23-27(14-17)18-8-4-3-5-9-18/h3-11,13-14H,12,15H2,1-2H3. The van der Waals surface area contributed by atoms with Gasteiger partial charge in [0.05, 0.1) is 30.4 Å². The van der Waals surface area contributed by atoms with Crippen LogP contribution in [0, 0.1) is 6.92 Å². The van der Waals surface area contributed by atoms with Crippen LogP contribution >= 0.6 is 0 Å². The smallest absolute Gasteiger partial charge is 0.227 e. The zero-order valence-corrected chi connectivity index (χ0v) is 15.9. The molecule has 0 spiro atoms. The molecule has 0 aliphatic carbocycles. The van der Waals surface area contributed by atoms with Crippen LogP contribution in [-0.4, -0.2) is 37.6 Å². The number of likely N-dealkylation sites (N-methyl/N-ethyl adjacent to an activating group) is 1. The molecule has 140 valence electrons. The van der Waals surface area contributed by atoms with Crippen LogP contribution in [0.25, 0.3) is 16.6 Å². The molecular weight excluding hydrogens is 350 g/mol. The number of hydrogen-bond acceptors (Lipinski definition) is 4. The van der Waals surface area contributed by atoms with Crippen molar-refractivity contribution in [3.63, 3.8) is 0 Å². The van der Waals surface area contributed by atoms with Crippen LogP contribution in [-0.2, 0) is 17.8 Å². The highest BCUT2D eigenvalue weighted by atomic mass is 16.2. The number of nitrogens with zero attached hydrogens (tertiary/aromatic N) is 5. The summed E-state index contributed by atoms with van der Waals surface area (Å²) in [4.78, 5) is 23.4. The number of carbonyl (C=O) groups excluding carboxylic acids is 1. The molecule has 0 fully saturated rings. The lowest BCUT2D eigenvalue weighted by Crippen LogP contribution is -2.28. The monoisotopic (exact) mass is 371 g/mol. The first-order valence-corrected chi connectivity index (χ1v) is 9.15. The summed E-state index contributed by atoms with van der Waals surface area (Å²) < 4.78 is 1.78. The third kappa shape index (κ3) is 3.76. The average molecular weight is 371 g/mol. The Hall–Kier alpha value is -3.54. The van der Waals surface area contributed by atoms with Gasteiger partial charge in [0.25, 0.3) is 0 Å². The number of amides is 1. The minimum absolute atomic E-state index is 0.00187. The van der Waals surface area contributed by atoms with Gasteiger partial charge in [-0.05, 0) is 30.7 Å². The quantitative estimate of drug-likeness (QED) is 0.540. The maximum Gasteiger partial charge on any atom is 0.227 e. The summed E-state index contributed by atoms with van der Waals surface area (Å²) >= 11 is 0. The summed E-state index contributed by atoms with van der Waals surface area (Å²) in [6.07, 6.45) is 3.91. The third-order valence-electron chi connectivity index (χ3n) is 4.66. The number of fused-ring (bicyclic) bond motifs is 1. The van der Waals surface area contributed by atoms with E-state index in [-0.39, 0.29) is 12.3 Å². The Kier molecular flexibility index (Phi) is 4.85. The fourth-order valence-electron chi connectivity index (χ4n) is 3.15. The molecular formula is C22H21N5O. The number of benzene rings is 2. The van der Waals surface area contributed by atoms with Crippen LogP contribution in [0.3, 0.4) is 0 Å². The molecule has 0 saturated carbocycles. The van der Waals surface area contributed by atoms with Crippen molar-refractivity contribution >= 4 is 16.8 Å². The molecule has 4 rings (SSSR count). The Balaban J connectivity index is 1.45. The van der Waals surface area contributed by atoms with Crippen molar-refractivity contribution < 1.29 is 4.79 Å². The number of carbonyl (C=O) groups is 1. The summed E-state index contributed by atoms with van der Waals surface area (Å²) in [5, 5.41) is 5.39. The van der Waals surface area contributed by atoms with Crippen LogP contribution in [0.15, 0.2) is 67.0 Å². The molecule has 0 unspecified atom stereocenters. The second-order valence-electron chi connectivity index (χ2n) is 6.80. The topological polar surface area (TPSA) is 63.9 Å². The van der Waals surface area contributed by atoms with E-state index in [0.717, 1.165) is 27.8 Å². The fourth-order valence-corrected chi connectivity index (χ4v) is 3.15. The van der Waals surface area contributed by atoms with E-state index in [1.54, 1.807) is 22.8 Å². The normalized spacial score (nSPS) is 10.9. The minimum atomic E-state index is 0.00187. The number of para-hydroxylation sites is 2. The fraction of sp³-hybridized carbons (Fsp3) is 0.182. The van der Waals surface area contributed by atoms with Crippen molar-refractivity contribution in [3.05, 3.63) is 84.1 Å². The lowest BCUT2D eigenvalue weighted by atomic mass is 10.2. The predicted molar refractivity (Wildman–Crippen MR) is 108 cm³/mol.